The van der Waals surface area contributed by atoms with E-state index in [0.717, 1.165) is 30.0 Å². The summed E-state index contributed by atoms with van der Waals surface area (Å²) in [6.45, 7) is 2.64. The van der Waals surface area contributed by atoms with Gasteiger partial charge in [-0.15, -0.1) is 0 Å². The number of benzene rings is 2. The van der Waals surface area contributed by atoms with Crippen LogP contribution in [0.1, 0.15) is 35.0 Å². The fraction of sp³-hybridized carbons (Fsp3) is 0.261. The summed E-state index contributed by atoms with van der Waals surface area (Å²) in [7, 11) is 0. The van der Waals surface area contributed by atoms with Crippen molar-refractivity contribution < 1.29 is 9.21 Å². The quantitative estimate of drug-likeness (QED) is 0.703. The Balaban J connectivity index is 1.47. The van der Waals surface area contributed by atoms with Gasteiger partial charge in [-0.1, -0.05) is 42.5 Å². The third-order valence-corrected chi connectivity index (χ3v) is 5.14. The average Bonchev–Trinajstić information content (AvgIpc) is 3.44. The number of nitrogens with zero attached hydrogens (tertiary/aromatic N) is 1. The molecule has 3 aromatic rings. The van der Waals surface area contributed by atoms with Crippen LogP contribution < -0.4 is 5.32 Å². The smallest absolute Gasteiger partial charge is 0.251 e. The number of hydrogen-bond donors (Lipinski definition) is 1. The zero-order valence-corrected chi connectivity index (χ0v) is 15.3. The molecule has 1 N–H and O–H groups in total. The maximum absolute atomic E-state index is 12.8. The molecule has 138 valence electrons. The number of carbonyl (C=O) groups is 1. The molecule has 4 nitrogen and oxygen atoms in total. The van der Waals surface area contributed by atoms with Crippen molar-refractivity contribution in [2.45, 2.75) is 18.9 Å². The molecule has 1 atom stereocenters. The van der Waals surface area contributed by atoms with Crippen molar-refractivity contribution in [1.82, 2.24) is 10.2 Å². The van der Waals surface area contributed by atoms with E-state index in [4.69, 9.17) is 4.42 Å². The number of nitrogens with one attached hydrogen (secondary N) is 1. The van der Waals surface area contributed by atoms with Crippen LogP contribution in [0.2, 0.25) is 0 Å². The van der Waals surface area contributed by atoms with Crippen LogP contribution in [0.3, 0.4) is 0 Å². The first-order valence-electron chi connectivity index (χ1n) is 9.52. The number of amides is 1. The van der Waals surface area contributed by atoms with Gasteiger partial charge in [-0.3, -0.25) is 9.69 Å². The van der Waals surface area contributed by atoms with E-state index in [1.54, 1.807) is 6.26 Å². The average molecular weight is 360 g/mol. The Labute approximate surface area is 159 Å². The second kappa shape index (κ2) is 8.23. The third kappa shape index (κ3) is 4.12. The van der Waals surface area contributed by atoms with Gasteiger partial charge in [0.15, 0.2) is 0 Å². The minimum atomic E-state index is -0.0523. The molecule has 1 aliphatic heterocycles. The molecule has 2 aromatic carbocycles. The standard InChI is InChI=1S/C23H24N2O2/c26-23(20-11-6-10-19(16-20)18-8-2-1-3-9-18)24-17-21(22-12-7-15-27-22)25-13-4-5-14-25/h1-3,6-12,15-16,21H,4-5,13-14,17H2,(H,24,26). The van der Waals surface area contributed by atoms with Crippen molar-refractivity contribution in [3.63, 3.8) is 0 Å². The molecule has 0 radical (unpaired) electrons. The van der Waals surface area contributed by atoms with Crippen LogP contribution in [0.25, 0.3) is 11.1 Å². The fourth-order valence-corrected chi connectivity index (χ4v) is 3.71. The molecule has 1 aromatic heterocycles. The van der Waals surface area contributed by atoms with Crippen LogP contribution in [0.15, 0.2) is 77.4 Å². The van der Waals surface area contributed by atoms with Crippen LogP contribution in [-0.2, 0) is 0 Å². The molecule has 4 heteroatoms. The van der Waals surface area contributed by atoms with E-state index in [-0.39, 0.29) is 11.9 Å². The lowest BCUT2D eigenvalue weighted by Gasteiger charge is -2.26. The van der Waals surface area contributed by atoms with Crippen LogP contribution in [0.5, 0.6) is 0 Å². The lowest BCUT2D eigenvalue weighted by Crippen LogP contribution is -2.36. The molecular weight excluding hydrogens is 336 g/mol. The number of furan rings is 1. The number of likely N-dealkylation sites (tertiary alicyclic amines) is 1. The number of hydrogen-bond acceptors (Lipinski definition) is 3. The molecular formula is C23H24N2O2. The Kier molecular flexibility index (Phi) is 5.35. The highest BCUT2D eigenvalue weighted by atomic mass is 16.3. The van der Waals surface area contributed by atoms with E-state index < -0.39 is 0 Å². The number of rotatable bonds is 6. The molecule has 1 aliphatic rings. The van der Waals surface area contributed by atoms with Crippen molar-refractivity contribution in [2.75, 3.05) is 19.6 Å². The summed E-state index contributed by atoms with van der Waals surface area (Å²) in [4.78, 5) is 15.1. The van der Waals surface area contributed by atoms with Gasteiger partial charge in [-0.25, -0.2) is 0 Å². The molecule has 4 rings (SSSR count). The summed E-state index contributed by atoms with van der Waals surface area (Å²) in [5.41, 5.74) is 2.83. The van der Waals surface area contributed by atoms with Gasteiger partial charge < -0.3 is 9.73 Å². The molecule has 0 spiro atoms. The molecule has 27 heavy (non-hydrogen) atoms. The van der Waals surface area contributed by atoms with Gasteiger partial charge in [0.1, 0.15) is 5.76 Å². The Morgan fingerprint density at radius 3 is 2.48 bits per heavy atom. The second-order valence-electron chi connectivity index (χ2n) is 6.93. The van der Waals surface area contributed by atoms with Crippen molar-refractivity contribution >= 4 is 5.91 Å². The third-order valence-electron chi connectivity index (χ3n) is 5.14. The lowest BCUT2D eigenvalue weighted by molar-refractivity contribution is 0.0934. The molecule has 1 fully saturated rings. The van der Waals surface area contributed by atoms with Crippen molar-refractivity contribution in [1.29, 1.82) is 0 Å². The van der Waals surface area contributed by atoms with Crippen molar-refractivity contribution in [2.24, 2.45) is 0 Å². The molecule has 1 saturated heterocycles. The Morgan fingerprint density at radius 2 is 1.74 bits per heavy atom. The largest absolute Gasteiger partial charge is 0.468 e. The van der Waals surface area contributed by atoms with Crippen LogP contribution in [0, 0.1) is 0 Å². The predicted octanol–water partition coefficient (Wildman–Crippen LogP) is 4.51. The number of carbonyl (C=O) groups excluding carboxylic acids is 1. The van der Waals surface area contributed by atoms with Gasteiger partial charge in [0, 0.05) is 12.1 Å². The van der Waals surface area contributed by atoms with Gasteiger partial charge >= 0.3 is 0 Å². The SMILES string of the molecule is O=C(NCC(c1ccco1)N1CCCC1)c1cccc(-c2ccccc2)c1. The minimum absolute atomic E-state index is 0.0523. The van der Waals surface area contributed by atoms with Crippen LogP contribution in [0.4, 0.5) is 0 Å². The van der Waals surface area contributed by atoms with Gasteiger partial charge in [0.05, 0.1) is 12.3 Å². The van der Waals surface area contributed by atoms with Gasteiger partial charge in [0.2, 0.25) is 0 Å². The van der Waals surface area contributed by atoms with Gasteiger partial charge in [-0.2, -0.15) is 0 Å². The summed E-state index contributed by atoms with van der Waals surface area (Å²) in [6, 6.07) is 21.9. The second-order valence-corrected chi connectivity index (χ2v) is 6.93. The lowest BCUT2D eigenvalue weighted by atomic mass is 10.0. The maximum Gasteiger partial charge on any atom is 0.251 e. The Morgan fingerprint density at radius 1 is 0.963 bits per heavy atom. The van der Waals surface area contributed by atoms with Crippen LogP contribution >= 0.6 is 0 Å². The van der Waals surface area contributed by atoms with E-state index in [2.05, 4.69) is 22.3 Å². The summed E-state index contributed by atoms with van der Waals surface area (Å²) in [5.74, 6) is 0.860. The molecule has 1 unspecified atom stereocenters. The first-order chi connectivity index (χ1) is 13.3. The van der Waals surface area contributed by atoms with E-state index in [1.165, 1.54) is 12.8 Å². The van der Waals surface area contributed by atoms with Gasteiger partial charge in [-0.05, 0) is 61.3 Å². The highest BCUT2D eigenvalue weighted by Gasteiger charge is 2.26. The zero-order valence-electron chi connectivity index (χ0n) is 15.3. The Bertz CT molecular complexity index is 868. The van der Waals surface area contributed by atoms with Crippen molar-refractivity contribution in [3.05, 3.63) is 84.3 Å². The predicted molar refractivity (Wildman–Crippen MR) is 106 cm³/mol. The molecule has 1 amide bonds. The maximum atomic E-state index is 12.8. The van der Waals surface area contributed by atoms with Crippen LogP contribution in [-0.4, -0.2) is 30.4 Å². The molecule has 0 saturated carbocycles. The van der Waals surface area contributed by atoms with E-state index in [9.17, 15) is 4.79 Å². The normalized spacial score (nSPS) is 15.6. The van der Waals surface area contributed by atoms with E-state index in [1.807, 2.05) is 54.6 Å². The molecule has 2 heterocycles. The summed E-state index contributed by atoms with van der Waals surface area (Å²) in [5, 5.41) is 3.10. The van der Waals surface area contributed by atoms with Crippen molar-refractivity contribution in [3.8, 4) is 11.1 Å². The Hall–Kier alpha value is -2.85. The fourth-order valence-electron chi connectivity index (χ4n) is 3.71. The monoisotopic (exact) mass is 360 g/mol. The minimum Gasteiger partial charge on any atom is -0.468 e. The summed E-state index contributed by atoms with van der Waals surface area (Å²) in [6.07, 6.45) is 4.10. The molecule has 0 bridgehead atoms. The highest BCUT2D eigenvalue weighted by molar-refractivity contribution is 5.95. The summed E-state index contributed by atoms with van der Waals surface area (Å²) < 4.78 is 5.63. The first kappa shape index (κ1) is 17.6. The summed E-state index contributed by atoms with van der Waals surface area (Å²) >= 11 is 0. The van der Waals surface area contributed by atoms with E-state index >= 15 is 0 Å². The highest BCUT2D eigenvalue weighted by Crippen LogP contribution is 2.25. The first-order valence-corrected chi connectivity index (χ1v) is 9.52. The van der Waals surface area contributed by atoms with Gasteiger partial charge in [0.25, 0.3) is 5.91 Å². The topological polar surface area (TPSA) is 45.5 Å². The zero-order chi connectivity index (χ0) is 18.5. The molecule has 0 aliphatic carbocycles. The van der Waals surface area contributed by atoms with E-state index in [0.29, 0.717) is 12.1 Å².